The number of carbonyl (C=O) groups is 2. The number of benzene rings is 4. The molecule has 2 saturated carbocycles. The first kappa shape index (κ1) is 49.7. The second-order valence-electron chi connectivity index (χ2n) is 24.3. The summed E-state index contributed by atoms with van der Waals surface area (Å²) < 4.78 is 13.6. The zero-order valence-corrected chi connectivity index (χ0v) is 44.4. The van der Waals surface area contributed by atoms with Crippen molar-refractivity contribution in [1.82, 2.24) is 16.0 Å². The van der Waals surface area contributed by atoms with Gasteiger partial charge in [0.05, 0.1) is 23.2 Å². The van der Waals surface area contributed by atoms with E-state index >= 15 is 9.59 Å². The number of piperidine rings is 1. The number of esters is 2. The molecule has 11 atom stereocenters. The number of allylic oxidation sites excluding steroid dienone is 6. The van der Waals surface area contributed by atoms with Gasteiger partial charge in [-0.1, -0.05) is 97.9 Å². The van der Waals surface area contributed by atoms with Crippen LogP contribution < -0.4 is 16.0 Å². The highest BCUT2D eigenvalue weighted by molar-refractivity contribution is 6.08. The number of fused-ring (bicyclic) bond motifs is 9. The summed E-state index contributed by atoms with van der Waals surface area (Å²) in [6, 6.07) is 34.2. The molecule has 0 amide bonds. The molecule has 4 fully saturated rings. The van der Waals surface area contributed by atoms with Crippen molar-refractivity contribution >= 4 is 17.5 Å². The highest BCUT2D eigenvalue weighted by Crippen LogP contribution is 2.77. The molecule has 2 spiro atoms. The minimum atomic E-state index is -0.970. The first-order valence-electron chi connectivity index (χ1n) is 29.0. The van der Waals surface area contributed by atoms with Gasteiger partial charge in [-0.3, -0.25) is 0 Å². The van der Waals surface area contributed by atoms with E-state index in [2.05, 4.69) is 133 Å². The first-order chi connectivity index (χ1) is 37.1. The molecular formula is C67H75N3O6. The highest BCUT2D eigenvalue weighted by atomic mass is 16.6. The number of phenolic OH excluding ortho intramolecular Hbond substituents is 1. The molecule has 15 rings (SSSR count). The Morgan fingerprint density at radius 2 is 1.72 bits per heavy atom. The molecule has 0 radical (unpaired) electrons. The summed E-state index contributed by atoms with van der Waals surface area (Å²) in [5.41, 5.74) is 9.66. The van der Waals surface area contributed by atoms with Crippen molar-refractivity contribution in [3.05, 3.63) is 177 Å². The molecule has 11 aliphatic rings. The minimum Gasteiger partial charge on any atom is -0.508 e. The number of aromatic hydroxyl groups is 1. The fourth-order valence-electron chi connectivity index (χ4n) is 17.2. The van der Waals surface area contributed by atoms with E-state index in [1.165, 1.54) is 16.7 Å². The summed E-state index contributed by atoms with van der Waals surface area (Å²) in [7, 11) is 2.06. The van der Waals surface area contributed by atoms with Gasteiger partial charge < -0.3 is 35.6 Å². The van der Waals surface area contributed by atoms with Crippen molar-refractivity contribution < 1.29 is 29.3 Å². The molecule has 5 aliphatic heterocycles. The van der Waals surface area contributed by atoms with Crippen molar-refractivity contribution in [3.63, 3.8) is 0 Å². The highest BCUT2D eigenvalue weighted by Gasteiger charge is 2.73. The lowest BCUT2D eigenvalue weighted by Gasteiger charge is -2.62. The maximum absolute atomic E-state index is 15.6. The number of nitrogens with one attached hydrogen (secondary N) is 3. The van der Waals surface area contributed by atoms with Gasteiger partial charge in [0.25, 0.3) is 0 Å². The average Bonchev–Trinajstić information content (AvgIpc) is 4.11. The van der Waals surface area contributed by atoms with E-state index in [1.807, 2.05) is 12.1 Å². The van der Waals surface area contributed by atoms with Crippen molar-refractivity contribution in [1.29, 1.82) is 0 Å². The zero-order chi connectivity index (χ0) is 51.8. The Balaban J connectivity index is 1.04. The lowest BCUT2D eigenvalue weighted by atomic mass is 9.38. The SMILES string of the molecule is CCC(C=C1OC(=O)C2=C3c4cc(O)ccc4-c4cccc(c4)C4C=CC56CCC7=C(C(=O)OC7=CCC7(C8CCNC(NC)C8)CC(CCCO)C(Cc8cccc(c8)CCN4)C7)C5C12CCC36)Cc1ccccc1. The maximum Gasteiger partial charge on any atom is 0.340 e. The predicted octanol–water partition coefficient (Wildman–Crippen LogP) is 11.8. The quantitative estimate of drug-likeness (QED) is 0.0822. The van der Waals surface area contributed by atoms with Crippen LogP contribution in [-0.4, -0.2) is 55.1 Å². The second-order valence-corrected chi connectivity index (χ2v) is 24.3. The number of ether oxygens (including phenoxy) is 2. The lowest BCUT2D eigenvalue weighted by molar-refractivity contribution is -0.135. The summed E-state index contributed by atoms with van der Waals surface area (Å²) in [5, 5.41) is 33.1. The molecular weight excluding hydrogens is 943 g/mol. The number of aliphatic hydroxyl groups excluding tert-OH is 1. The molecule has 2 saturated heterocycles. The molecule has 4 aromatic rings. The minimum absolute atomic E-state index is 0.0198. The Morgan fingerprint density at radius 1 is 0.855 bits per heavy atom. The van der Waals surface area contributed by atoms with Crippen LogP contribution in [0.25, 0.3) is 16.7 Å². The third-order valence-electron chi connectivity index (χ3n) is 20.6. The molecule has 0 aromatic heterocycles. The van der Waals surface area contributed by atoms with E-state index in [-0.39, 0.29) is 53.8 Å². The predicted molar refractivity (Wildman–Crippen MR) is 297 cm³/mol. The molecule has 9 heteroatoms. The summed E-state index contributed by atoms with van der Waals surface area (Å²) >= 11 is 0. The fourth-order valence-corrected chi connectivity index (χ4v) is 17.2. The number of hydrogen-bond acceptors (Lipinski definition) is 9. The van der Waals surface area contributed by atoms with Gasteiger partial charge in [-0.25, -0.2) is 9.59 Å². The zero-order valence-electron chi connectivity index (χ0n) is 44.4. The van der Waals surface area contributed by atoms with Gasteiger partial charge in [0.15, 0.2) is 0 Å². The van der Waals surface area contributed by atoms with Gasteiger partial charge in [0.2, 0.25) is 0 Å². The van der Waals surface area contributed by atoms with Crippen LogP contribution in [0.15, 0.2) is 150 Å². The van der Waals surface area contributed by atoms with Crippen molar-refractivity contribution in [2.24, 2.45) is 51.8 Å². The third kappa shape index (κ3) is 8.24. The van der Waals surface area contributed by atoms with Gasteiger partial charge in [-0.2, -0.15) is 0 Å². The monoisotopic (exact) mass is 1020 g/mol. The standard InChI is InChI=1S/C67H75N3O6/c1-3-41(32-42-10-5-4-6-11-42)35-57-67-28-20-54-59(61(67)64(74)76-57)53-38-50(72)17-18-51(53)45-14-8-15-46(36-45)55-21-27-66(54)26-19-52-56(75-63(73)60(52)62(66)67)22-25-65(49-24-30-70-58(37-49)68-2)39-47(16-9-31-71)48(40-65)34-44-13-7-12-43(33-44)23-29-69-55/h4-8,10-15,17-18,21-22,27,33,35-36,38,41,47-49,54-55,58,62,68-72H,3,9,16,19-20,23-26,28-32,34,37,39-40H2,1-2H3. The van der Waals surface area contributed by atoms with Crippen molar-refractivity contribution in [2.75, 3.05) is 26.7 Å². The smallest absolute Gasteiger partial charge is 0.340 e. The summed E-state index contributed by atoms with van der Waals surface area (Å²) in [6.45, 7) is 4.12. The molecule has 76 heavy (non-hydrogen) atoms. The van der Waals surface area contributed by atoms with Crippen LogP contribution in [0.5, 0.6) is 5.75 Å². The molecule has 14 bridgehead atoms. The topological polar surface area (TPSA) is 129 Å². The number of aliphatic hydroxyl groups is 1. The van der Waals surface area contributed by atoms with E-state index in [4.69, 9.17) is 9.47 Å². The van der Waals surface area contributed by atoms with Gasteiger partial charge in [0.1, 0.15) is 17.3 Å². The molecule has 394 valence electrons. The van der Waals surface area contributed by atoms with E-state index in [9.17, 15) is 10.2 Å². The third-order valence-corrected chi connectivity index (χ3v) is 20.6. The van der Waals surface area contributed by atoms with Crippen LogP contribution in [0.4, 0.5) is 0 Å². The number of carbonyl (C=O) groups excluding carboxylic acids is 2. The summed E-state index contributed by atoms with van der Waals surface area (Å²) in [6.07, 6.45) is 23.0. The molecule has 5 heterocycles. The summed E-state index contributed by atoms with van der Waals surface area (Å²) in [5.74, 6) is 1.77. The molecule has 5 N–H and O–H groups in total. The van der Waals surface area contributed by atoms with Crippen LogP contribution in [0, 0.1) is 51.8 Å². The van der Waals surface area contributed by atoms with Crippen LogP contribution in [-0.2, 0) is 38.3 Å². The Hall–Kier alpha value is -5.84. The molecule has 9 nitrogen and oxygen atoms in total. The van der Waals surface area contributed by atoms with Gasteiger partial charge in [-0.05, 0) is 220 Å². The van der Waals surface area contributed by atoms with Crippen LogP contribution >= 0.6 is 0 Å². The lowest BCUT2D eigenvalue weighted by Crippen LogP contribution is -2.58. The van der Waals surface area contributed by atoms with Crippen LogP contribution in [0.1, 0.15) is 118 Å². The van der Waals surface area contributed by atoms with E-state index in [0.717, 1.165) is 136 Å². The second kappa shape index (κ2) is 19.9. The van der Waals surface area contributed by atoms with Crippen molar-refractivity contribution in [3.8, 4) is 16.9 Å². The maximum atomic E-state index is 15.6. The normalized spacial score (nSPS) is 33.2. The summed E-state index contributed by atoms with van der Waals surface area (Å²) in [4.78, 5) is 31.0. The molecule has 11 unspecified atom stereocenters. The number of phenols is 1. The first-order valence-corrected chi connectivity index (χ1v) is 29.0. The Labute approximate surface area is 449 Å². The van der Waals surface area contributed by atoms with Crippen molar-refractivity contribution in [2.45, 2.75) is 115 Å². The number of hydrogen-bond donors (Lipinski definition) is 5. The molecule has 6 aliphatic carbocycles. The van der Waals surface area contributed by atoms with E-state index in [0.29, 0.717) is 47.7 Å². The van der Waals surface area contributed by atoms with Gasteiger partial charge in [0, 0.05) is 35.6 Å². The van der Waals surface area contributed by atoms with Crippen LogP contribution in [0.3, 0.4) is 0 Å². The average molecular weight is 1020 g/mol. The van der Waals surface area contributed by atoms with Gasteiger partial charge >= 0.3 is 11.9 Å². The number of rotatable bonds is 9. The van der Waals surface area contributed by atoms with E-state index in [1.54, 1.807) is 6.07 Å². The Morgan fingerprint density at radius 3 is 2.58 bits per heavy atom. The Kier molecular flexibility index (Phi) is 13.0. The number of cyclic esters (lactones) is 1. The fraction of sp³-hybridized carbons (Fsp3) is 0.463. The van der Waals surface area contributed by atoms with Crippen LogP contribution in [0.2, 0.25) is 0 Å². The largest absolute Gasteiger partial charge is 0.508 e. The van der Waals surface area contributed by atoms with Gasteiger partial charge in [-0.15, -0.1) is 0 Å². The van der Waals surface area contributed by atoms with E-state index < -0.39 is 16.7 Å². The molecule has 4 aromatic carbocycles. The Bertz CT molecular complexity index is 3110.